The average Bonchev–Trinajstić information content (AvgIpc) is 3.19. The molecule has 4 rings (SSSR count). The van der Waals surface area contributed by atoms with E-state index in [-0.39, 0.29) is 18.1 Å². The van der Waals surface area contributed by atoms with Gasteiger partial charge in [-0.25, -0.2) is 9.79 Å². The zero-order chi connectivity index (χ0) is 28.1. The molecule has 3 aromatic carbocycles. The van der Waals surface area contributed by atoms with Gasteiger partial charge in [0.05, 0.1) is 36.4 Å². The van der Waals surface area contributed by atoms with Crippen molar-refractivity contribution < 1.29 is 24.2 Å². The minimum Gasteiger partial charge on any atom is -0.490 e. The molecule has 7 nitrogen and oxygen atoms in total. The molecule has 1 fully saturated rings. The van der Waals surface area contributed by atoms with Gasteiger partial charge in [0.1, 0.15) is 6.61 Å². The average molecular weight is 697 g/mol. The number of aliphatic imine (C=N–C) groups is 1. The first-order valence-electron chi connectivity index (χ1n) is 11.9. The van der Waals surface area contributed by atoms with Gasteiger partial charge in [-0.3, -0.25) is 9.69 Å². The Balaban J connectivity index is 1.61. The summed E-state index contributed by atoms with van der Waals surface area (Å²) >= 11 is 15.6. The lowest BCUT2D eigenvalue weighted by Crippen LogP contribution is -2.28. The molecule has 0 bridgehead atoms. The molecule has 1 heterocycles. The van der Waals surface area contributed by atoms with Gasteiger partial charge in [-0.05, 0) is 108 Å². The van der Waals surface area contributed by atoms with Crippen molar-refractivity contribution in [3.05, 3.63) is 89.8 Å². The van der Waals surface area contributed by atoms with Gasteiger partial charge in [-0.2, -0.15) is 0 Å². The van der Waals surface area contributed by atoms with E-state index in [1.54, 1.807) is 35.2 Å². The molecule has 1 aliphatic heterocycles. The highest BCUT2D eigenvalue weighted by Gasteiger charge is 2.32. The van der Waals surface area contributed by atoms with Crippen LogP contribution in [0.3, 0.4) is 0 Å². The maximum absolute atomic E-state index is 13.2. The van der Waals surface area contributed by atoms with E-state index in [0.717, 1.165) is 14.7 Å². The van der Waals surface area contributed by atoms with Gasteiger partial charge in [0, 0.05) is 6.54 Å². The van der Waals surface area contributed by atoms with Gasteiger partial charge in [0.15, 0.2) is 16.7 Å². The third kappa shape index (κ3) is 7.08. The summed E-state index contributed by atoms with van der Waals surface area (Å²) in [7, 11) is 0. The second-order valence-electron chi connectivity index (χ2n) is 8.21. The second kappa shape index (κ2) is 13.1. The molecule has 0 unspecified atom stereocenters. The largest absolute Gasteiger partial charge is 0.490 e. The first-order valence-corrected chi connectivity index (χ1v) is 14.5. The van der Waals surface area contributed by atoms with Crippen LogP contribution in [-0.4, -0.2) is 40.2 Å². The Labute approximate surface area is 253 Å². The minimum absolute atomic E-state index is 0.129. The van der Waals surface area contributed by atoms with Gasteiger partial charge >= 0.3 is 5.97 Å². The first kappa shape index (κ1) is 29.3. The van der Waals surface area contributed by atoms with Crippen molar-refractivity contribution in [2.24, 2.45) is 4.99 Å². The Kier molecular flexibility index (Phi) is 9.81. The van der Waals surface area contributed by atoms with Gasteiger partial charge in [-0.15, -0.1) is 0 Å². The van der Waals surface area contributed by atoms with Crippen LogP contribution in [0, 0.1) is 3.57 Å². The summed E-state index contributed by atoms with van der Waals surface area (Å²) in [6.07, 6.45) is 1.79. The van der Waals surface area contributed by atoms with Gasteiger partial charge in [-0.1, -0.05) is 35.3 Å². The van der Waals surface area contributed by atoms with Crippen LogP contribution in [0.25, 0.3) is 6.08 Å². The summed E-state index contributed by atoms with van der Waals surface area (Å²) < 4.78 is 12.8. The zero-order valence-corrected chi connectivity index (χ0v) is 25.4. The van der Waals surface area contributed by atoms with E-state index < -0.39 is 5.97 Å². The number of rotatable bonds is 9. The van der Waals surface area contributed by atoms with Gasteiger partial charge in [0.25, 0.3) is 5.91 Å². The van der Waals surface area contributed by atoms with Crippen molar-refractivity contribution in [3.8, 4) is 11.5 Å². The number of thioether (sulfide) groups is 1. The number of hydrogen-bond donors (Lipinski definition) is 1. The molecule has 1 amide bonds. The number of carbonyl (C=O) groups is 2. The summed E-state index contributed by atoms with van der Waals surface area (Å²) in [6.45, 7) is 4.88. The Bertz CT molecular complexity index is 1490. The molecule has 202 valence electrons. The number of carbonyl (C=O) groups excluding carboxylic acids is 1. The Morgan fingerprint density at radius 3 is 2.59 bits per heavy atom. The maximum atomic E-state index is 13.2. The van der Waals surface area contributed by atoms with Crippen molar-refractivity contribution in [1.29, 1.82) is 0 Å². The molecule has 1 N–H and O–H groups in total. The molecule has 39 heavy (non-hydrogen) atoms. The van der Waals surface area contributed by atoms with E-state index in [9.17, 15) is 14.7 Å². The lowest BCUT2D eigenvalue weighted by Gasteiger charge is -2.15. The molecule has 0 spiro atoms. The number of aromatic carboxylic acids is 1. The van der Waals surface area contributed by atoms with Crippen molar-refractivity contribution in [2.45, 2.75) is 20.5 Å². The van der Waals surface area contributed by atoms with Crippen LogP contribution in [0.4, 0.5) is 5.69 Å². The topological polar surface area (TPSA) is 88.4 Å². The zero-order valence-electron chi connectivity index (χ0n) is 20.9. The van der Waals surface area contributed by atoms with Crippen molar-refractivity contribution in [1.82, 2.24) is 4.90 Å². The van der Waals surface area contributed by atoms with Crippen LogP contribution in [0.5, 0.6) is 11.5 Å². The molecular formula is C28H23Cl2IN2O5S. The SMILES string of the molecule is CCOc1cc(C=C2SC(=Nc3cccc(C(=O)O)c3)N(CC)C2=O)cc(I)c1OCc1ccc(Cl)c(Cl)c1. The quantitative estimate of drug-likeness (QED) is 0.181. The molecule has 0 saturated carbocycles. The molecule has 1 saturated heterocycles. The van der Waals surface area contributed by atoms with E-state index in [1.165, 1.54) is 23.9 Å². The lowest BCUT2D eigenvalue weighted by atomic mass is 10.1. The molecule has 3 aromatic rings. The summed E-state index contributed by atoms with van der Waals surface area (Å²) in [5.41, 5.74) is 2.22. The fourth-order valence-electron chi connectivity index (χ4n) is 3.70. The van der Waals surface area contributed by atoms with Crippen LogP contribution >= 0.6 is 57.6 Å². The highest BCUT2D eigenvalue weighted by atomic mass is 127. The standard InChI is InChI=1S/C28H23Cl2IN2O5S/c1-3-33-26(34)24(39-28(33)32-19-7-5-6-18(14-19)27(35)36)13-17-11-22(31)25(23(12-17)37-4-2)38-15-16-8-9-20(29)21(30)10-16/h5-14H,3-4,15H2,1-2H3,(H,35,36). The Morgan fingerprint density at radius 2 is 1.90 bits per heavy atom. The summed E-state index contributed by atoms with van der Waals surface area (Å²) in [6, 6.07) is 15.4. The fraction of sp³-hybridized carbons (Fsp3) is 0.179. The van der Waals surface area contributed by atoms with E-state index in [2.05, 4.69) is 27.6 Å². The van der Waals surface area contributed by atoms with E-state index >= 15 is 0 Å². The van der Waals surface area contributed by atoms with E-state index in [0.29, 0.717) is 50.5 Å². The maximum Gasteiger partial charge on any atom is 0.335 e. The third-order valence-corrected chi connectivity index (χ3v) is 8.07. The van der Waals surface area contributed by atoms with Crippen LogP contribution < -0.4 is 9.47 Å². The molecule has 0 aliphatic carbocycles. The lowest BCUT2D eigenvalue weighted by molar-refractivity contribution is -0.122. The van der Waals surface area contributed by atoms with Crippen molar-refractivity contribution in [2.75, 3.05) is 13.2 Å². The fourth-order valence-corrected chi connectivity index (χ4v) is 5.86. The number of likely N-dealkylation sites (N-methyl/N-ethyl adjacent to an activating group) is 1. The summed E-state index contributed by atoms with van der Waals surface area (Å²) in [5, 5.41) is 10.7. The van der Waals surface area contributed by atoms with Crippen LogP contribution in [-0.2, 0) is 11.4 Å². The van der Waals surface area contributed by atoms with E-state index in [4.69, 9.17) is 32.7 Å². The number of benzene rings is 3. The predicted octanol–water partition coefficient (Wildman–Crippen LogP) is 7.90. The normalized spacial score (nSPS) is 15.3. The number of amides is 1. The molecular weight excluding hydrogens is 674 g/mol. The molecule has 0 radical (unpaired) electrons. The minimum atomic E-state index is -1.04. The number of carboxylic acid groups (broad SMARTS) is 1. The summed E-state index contributed by atoms with van der Waals surface area (Å²) in [4.78, 5) is 31.1. The molecule has 0 aromatic heterocycles. The predicted molar refractivity (Wildman–Crippen MR) is 165 cm³/mol. The smallest absolute Gasteiger partial charge is 0.335 e. The van der Waals surface area contributed by atoms with Crippen LogP contribution in [0.15, 0.2) is 64.5 Å². The molecule has 1 aliphatic rings. The van der Waals surface area contributed by atoms with Gasteiger partial charge in [0.2, 0.25) is 0 Å². The Hall–Kier alpha value is -2.73. The number of hydrogen-bond acceptors (Lipinski definition) is 6. The molecule has 0 atom stereocenters. The van der Waals surface area contributed by atoms with Crippen molar-refractivity contribution >= 4 is 86.4 Å². The number of carboxylic acids is 1. The van der Waals surface area contributed by atoms with Crippen LogP contribution in [0.1, 0.15) is 35.3 Å². The molecule has 11 heteroatoms. The highest BCUT2D eigenvalue weighted by molar-refractivity contribution is 14.1. The highest BCUT2D eigenvalue weighted by Crippen LogP contribution is 2.38. The van der Waals surface area contributed by atoms with Crippen LogP contribution in [0.2, 0.25) is 10.0 Å². The number of ether oxygens (including phenoxy) is 2. The number of amidine groups is 1. The monoisotopic (exact) mass is 696 g/mol. The third-order valence-electron chi connectivity index (χ3n) is 5.52. The summed E-state index contributed by atoms with van der Waals surface area (Å²) in [5.74, 6) is -0.0712. The number of nitrogens with zero attached hydrogens (tertiary/aromatic N) is 2. The second-order valence-corrected chi connectivity index (χ2v) is 11.2. The first-order chi connectivity index (χ1) is 18.7. The van der Waals surface area contributed by atoms with Crippen molar-refractivity contribution in [3.63, 3.8) is 0 Å². The van der Waals surface area contributed by atoms with Gasteiger partial charge < -0.3 is 14.6 Å². The van der Waals surface area contributed by atoms with E-state index in [1.807, 2.05) is 32.0 Å². The number of halogens is 3. The Morgan fingerprint density at radius 1 is 1.10 bits per heavy atom.